The Morgan fingerprint density at radius 3 is 2.05 bits per heavy atom. The molecule has 19 heavy (non-hydrogen) atoms. The van der Waals surface area contributed by atoms with Crippen LogP contribution in [0.25, 0.3) is 0 Å². The number of ether oxygens (including phenoxy) is 4. The van der Waals surface area contributed by atoms with Gasteiger partial charge in [0.2, 0.25) is 0 Å². The SMILES string of the molecule is CCOC(OCC)C(O)(OCC)Oc1ccccc1. The fraction of sp³-hybridized carbons (Fsp3) is 0.571. The first-order valence-corrected chi connectivity index (χ1v) is 6.49. The third-order valence-corrected chi connectivity index (χ3v) is 2.29. The van der Waals surface area contributed by atoms with Gasteiger partial charge in [0.1, 0.15) is 5.75 Å². The summed E-state index contributed by atoms with van der Waals surface area (Å²) in [5.74, 6) is -1.50. The molecule has 0 radical (unpaired) electrons. The van der Waals surface area contributed by atoms with E-state index in [0.29, 0.717) is 19.0 Å². The topological polar surface area (TPSA) is 57.2 Å². The van der Waals surface area contributed by atoms with E-state index in [9.17, 15) is 5.11 Å². The maximum absolute atomic E-state index is 10.5. The Morgan fingerprint density at radius 2 is 1.58 bits per heavy atom. The molecule has 1 unspecified atom stereocenters. The molecule has 0 bridgehead atoms. The highest BCUT2D eigenvalue weighted by Crippen LogP contribution is 2.23. The van der Waals surface area contributed by atoms with Crippen LogP contribution in [0.4, 0.5) is 0 Å². The molecule has 0 heterocycles. The van der Waals surface area contributed by atoms with Crippen LogP contribution in [0, 0.1) is 0 Å². The monoisotopic (exact) mass is 270 g/mol. The van der Waals surface area contributed by atoms with E-state index in [1.54, 1.807) is 45.0 Å². The summed E-state index contributed by atoms with van der Waals surface area (Å²) in [6.45, 7) is 6.38. The molecule has 1 N–H and O–H groups in total. The molecule has 1 rings (SSSR count). The number of benzene rings is 1. The van der Waals surface area contributed by atoms with Crippen LogP contribution in [0.3, 0.4) is 0 Å². The second-order valence-electron chi connectivity index (χ2n) is 3.72. The van der Waals surface area contributed by atoms with E-state index in [4.69, 9.17) is 18.9 Å². The van der Waals surface area contributed by atoms with Crippen LogP contribution in [0.15, 0.2) is 30.3 Å². The predicted octanol–water partition coefficient (Wildman–Crippen LogP) is 2.15. The van der Waals surface area contributed by atoms with Crippen LogP contribution in [-0.4, -0.2) is 37.2 Å². The predicted molar refractivity (Wildman–Crippen MR) is 70.7 cm³/mol. The lowest BCUT2D eigenvalue weighted by atomic mass is 10.3. The van der Waals surface area contributed by atoms with Gasteiger partial charge in [0.05, 0.1) is 6.61 Å². The zero-order chi connectivity index (χ0) is 14.1. The lowest BCUT2D eigenvalue weighted by molar-refractivity contribution is -0.412. The Labute approximate surface area is 114 Å². The summed E-state index contributed by atoms with van der Waals surface area (Å²) >= 11 is 0. The van der Waals surface area contributed by atoms with Crippen molar-refractivity contribution >= 4 is 0 Å². The van der Waals surface area contributed by atoms with Crippen molar-refractivity contribution in [1.82, 2.24) is 0 Å². The minimum Gasteiger partial charge on any atom is -0.435 e. The molecular weight excluding hydrogens is 248 g/mol. The summed E-state index contributed by atoms with van der Waals surface area (Å²) in [5, 5.41) is 10.5. The molecular formula is C14H22O5. The number of rotatable bonds is 9. The molecule has 0 aliphatic rings. The number of aliphatic hydroxyl groups is 1. The van der Waals surface area contributed by atoms with Crippen LogP contribution in [0.2, 0.25) is 0 Å². The molecule has 108 valence electrons. The van der Waals surface area contributed by atoms with Crippen molar-refractivity contribution in [3.63, 3.8) is 0 Å². The van der Waals surface area contributed by atoms with E-state index in [-0.39, 0.29) is 6.61 Å². The van der Waals surface area contributed by atoms with Crippen LogP contribution in [-0.2, 0) is 14.2 Å². The van der Waals surface area contributed by atoms with Gasteiger partial charge >= 0.3 is 5.97 Å². The van der Waals surface area contributed by atoms with Crippen molar-refractivity contribution in [2.45, 2.75) is 33.0 Å². The summed E-state index contributed by atoms with van der Waals surface area (Å²) in [5.41, 5.74) is 0. The molecule has 0 amide bonds. The molecule has 0 fully saturated rings. The first-order valence-electron chi connectivity index (χ1n) is 6.49. The molecule has 0 aromatic heterocycles. The number of hydrogen-bond acceptors (Lipinski definition) is 5. The fourth-order valence-corrected chi connectivity index (χ4v) is 1.57. The van der Waals surface area contributed by atoms with Crippen molar-refractivity contribution in [3.8, 4) is 5.75 Å². The highest BCUT2D eigenvalue weighted by Gasteiger charge is 2.43. The average Bonchev–Trinajstić information content (AvgIpc) is 2.40. The summed E-state index contributed by atoms with van der Waals surface area (Å²) in [4.78, 5) is 0. The zero-order valence-corrected chi connectivity index (χ0v) is 11.7. The van der Waals surface area contributed by atoms with Crippen molar-refractivity contribution < 1.29 is 24.1 Å². The summed E-state index contributed by atoms with van der Waals surface area (Å²) in [6, 6.07) is 8.91. The third-order valence-electron chi connectivity index (χ3n) is 2.29. The maximum atomic E-state index is 10.5. The molecule has 0 saturated heterocycles. The zero-order valence-electron chi connectivity index (χ0n) is 11.7. The molecule has 5 nitrogen and oxygen atoms in total. The smallest absolute Gasteiger partial charge is 0.379 e. The van der Waals surface area contributed by atoms with E-state index in [1.165, 1.54) is 0 Å². The van der Waals surface area contributed by atoms with Gasteiger partial charge < -0.3 is 24.1 Å². The molecule has 1 aromatic carbocycles. The van der Waals surface area contributed by atoms with Crippen LogP contribution >= 0.6 is 0 Å². The third kappa shape index (κ3) is 4.80. The van der Waals surface area contributed by atoms with Crippen LogP contribution < -0.4 is 4.74 Å². The lowest BCUT2D eigenvalue weighted by Crippen LogP contribution is -2.52. The van der Waals surface area contributed by atoms with Crippen molar-refractivity contribution in [2.75, 3.05) is 19.8 Å². The van der Waals surface area contributed by atoms with Gasteiger partial charge in [0.15, 0.2) is 0 Å². The molecule has 1 aromatic rings. The Hall–Kier alpha value is -1.14. The second kappa shape index (κ2) is 8.12. The largest absolute Gasteiger partial charge is 0.435 e. The van der Waals surface area contributed by atoms with Crippen molar-refractivity contribution in [3.05, 3.63) is 30.3 Å². The van der Waals surface area contributed by atoms with E-state index >= 15 is 0 Å². The van der Waals surface area contributed by atoms with Gasteiger partial charge in [-0.15, -0.1) is 0 Å². The quantitative estimate of drug-likeness (QED) is 0.697. The Morgan fingerprint density at radius 1 is 1.00 bits per heavy atom. The minimum atomic E-state index is -1.97. The molecule has 0 aliphatic heterocycles. The van der Waals surface area contributed by atoms with Gasteiger partial charge in [-0.3, -0.25) is 0 Å². The first kappa shape index (κ1) is 15.9. The Bertz CT molecular complexity index is 337. The summed E-state index contributed by atoms with van der Waals surface area (Å²) in [6.07, 6.45) is -1.01. The second-order valence-corrected chi connectivity index (χ2v) is 3.72. The van der Waals surface area contributed by atoms with Gasteiger partial charge in [0.25, 0.3) is 6.29 Å². The van der Waals surface area contributed by atoms with E-state index in [2.05, 4.69) is 0 Å². The first-order chi connectivity index (χ1) is 9.16. The van der Waals surface area contributed by atoms with Crippen molar-refractivity contribution in [1.29, 1.82) is 0 Å². The average molecular weight is 270 g/mol. The van der Waals surface area contributed by atoms with E-state index in [1.807, 2.05) is 6.07 Å². The number of hydrogen-bond donors (Lipinski definition) is 1. The highest BCUT2D eigenvalue weighted by molar-refractivity contribution is 5.21. The van der Waals surface area contributed by atoms with Crippen molar-refractivity contribution in [2.24, 2.45) is 0 Å². The van der Waals surface area contributed by atoms with Crippen LogP contribution in [0.1, 0.15) is 20.8 Å². The van der Waals surface area contributed by atoms with E-state index in [0.717, 1.165) is 0 Å². The van der Waals surface area contributed by atoms with E-state index < -0.39 is 12.3 Å². The number of para-hydroxylation sites is 1. The van der Waals surface area contributed by atoms with Gasteiger partial charge in [-0.2, -0.15) is 0 Å². The molecule has 1 atom stereocenters. The lowest BCUT2D eigenvalue weighted by Gasteiger charge is -2.34. The Kier molecular flexibility index (Phi) is 6.80. The Balaban J connectivity index is 2.86. The summed E-state index contributed by atoms with van der Waals surface area (Å²) < 4.78 is 21.5. The fourth-order valence-electron chi connectivity index (χ4n) is 1.57. The van der Waals surface area contributed by atoms with Gasteiger partial charge in [-0.25, -0.2) is 0 Å². The van der Waals surface area contributed by atoms with Gasteiger partial charge in [-0.1, -0.05) is 18.2 Å². The van der Waals surface area contributed by atoms with Gasteiger partial charge in [-0.05, 0) is 32.9 Å². The highest BCUT2D eigenvalue weighted by atomic mass is 16.9. The maximum Gasteiger partial charge on any atom is 0.379 e. The normalized spacial score (nSPS) is 14.4. The standard InChI is InChI=1S/C14H22O5/c1-4-16-13(17-5-2)14(15,18-6-3)19-12-10-8-7-9-11-12/h7-11,13,15H,4-6H2,1-3H3. The van der Waals surface area contributed by atoms with Crippen LogP contribution in [0.5, 0.6) is 5.75 Å². The summed E-state index contributed by atoms with van der Waals surface area (Å²) in [7, 11) is 0. The molecule has 5 heteroatoms. The van der Waals surface area contributed by atoms with Gasteiger partial charge in [0, 0.05) is 13.2 Å². The molecule has 0 spiro atoms. The minimum absolute atomic E-state index is 0.264. The molecule has 0 aliphatic carbocycles. The molecule has 0 saturated carbocycles.